The third-order valence-corrected chi connectivity index (χ3v) is 5.94. The summed E-state index contributed by atoms with van der Waals surface area (Å²) in [5.74, 6) is 0.623. The molecule has 1 aliphatic heterocycles. The molecule has 5 heteroatoms. The first-order chi connectivity index (χ1) is 8.20. The maximum Gasteiger partial charge on any atom is 0.334 e. The Hall–Kier alpha value is 0.0569. The molecular formula is C12H26O4Si. The zero-order chi connectivity index (χ0) is 12.6. The number of ether oxygens (including phenoxy) is 2. The molecule has 1 heterocycles. The van der Waals surface area contributed by atoms with Gasteiger partial charge in [-0.05, 0) is 32.9 Å². The minimum Gasteiger partial charge on any atom is -0.395 e. The van der Waals surface area contributed by atoms with Crippen molar-refractivity contribution in [3.05, 3.63) is 0 Å². The van der Waals surface area contributed by atoms with E-state index in [9.17, 15) is 0 Å². The normalized spacial score (nSPS) is 17.1. The first-order valence-corrected chi connectivity index (χ1v) is 9.16. The van der Waals surface area contributed by atoms with Crippen molar-refractivity contribution < 1.29 is 18.3 Å². The highest BCUT2D eigenvalue weighted by atomic mass is 28.4. The van der Waals surface area contributed by atoms with Gasteiger partial charge in [-0.15, -0.1) is 0 Å². The maximum absolute atomic E-state index is 5.77. The highest BCUT2D eigenvalue weighted by Crippen LogP contribution is 2.16. The molecule has 0 atom stereocenters. The number of hydrogen-bond donors (Lipinski definition) is 0. The minimum atomic E-state index is -1.93. The van der Waals surface area contributed by atoms with Crippen molar-refractivity contribution in [2.45, 2.75) is 32.9 Å². The van der Waals surface area contributed by atoms with Gasteiger partial charge in [-0.3, -0.25) is 0 Å². The first kappa shape index (κ1) is 15.1. The van der Waals surface area contributed by atoms with Crippen LogP contribution in [0, 0.1) is 5.92 Å². The fourth-order valence-electron chi connectivity index (χ4n) is 1.92. The molecule has 0 radical (unpaired) electrons. The van der Waals surface area contributed by atoms with Crippen LogP contribution in [-0.4, -0.2) is 48.2 Å². The van der Waals surface area contributed by atoms with E-state index in [1.807, 2.05) is 13.8 Å². The average molecular weight is 262 g/mol. The SMILES string of the molecule is CCO[Si](C)(CCCOCC1COC1)OCC. The fraction of sp³-hybridized carbons (Fsp3) is 1.00. The highest BCUT2D eigenvalue weighted by molar-refractivity contribution is 6.66. The molecule has 0 aromatic heterocycles. The molecule has 0 N–H and O–H groups in total. The number of rotatable bonds is 10. The Morgan fingerprint density at radius 3 is 2.29 bits per heavy atom. The smallest absolute Gasteiger partial charge is 0.334 e. The number of hydrogen-bond acceptors (Lipinski definition) is 4. The molecule has 1 rings (SSSR count). The van der Waals surface area contributed by atoms with E-state index in [4.69, 9.17) is 18.3 Å². The lowest BCUT2D eigenvalue weighted by Gasteiger charge is -2.27. The lowest BCUT2D eigenvalue weighted by molar-refractivity contribution is -0.0715. The van der Waals surface area contributed by atoms with Crippen LogP contribution >= 0.6 is 0 Å². The Bertz CT molecular complexity index is 191. The van der Waals surface area contributed by atoms with Crippen molar-refractivity contribution in [2.24, 2.45) is 5.92 Å². The summed E-state index contributed by atoms with van der Waals surface area (Å²) in [6.07, 6.45) is 1.02. The monoisotopic (exact) mass is 262 g/mol. The van der Waals surface area contributed by atoms with E-state index in [-0.39, 0.29) is 0 Å². The average Bonchev–Trinajstić information content (AvgIpc) is 2.21. The summed E-state index contributed by atoms with van der Waals surface area (Å²) in [7, 11) is -1.93. The maximum atomic E-state index is 5.77. The molecule has 1 fully saturated rings. The summed E-state index contributed by atoms with van der Waals surface area (Å²) < 4.78 is 22.3. The second kappa shape index (κ2) is 8.21. The van der Waals surface area contributed by atoms with Gasteiger partial charge in [-0.1, -0.05) is 0 Å². The molecule has 0 unspecified atom stereocenters. The van der Waals surface area contributed by atoms with Gasteiger partial charge >= 0.3 is 8.56 Å². The van der Waals surface area contributed by atoms with E-state index in [1.54, 1.807) is 0 Å². The predicted octanol–water partition coefficient (Wildman–Crippen LogP) is 2.18. The van der Waals surface area contributed by atoms with Gasteiger partial charge in [0.1, 0.15) is 0 Å². The Labute approximate surface area is 106 Å². The molecule has 0 aromatic carbocycles. The molecule has 0 spiro atoms. The first-order valence-electron chi connectivity index (χ1n) is 6.63. The van der Waals surface area contributed by atoms with Crippen molar-refractivity contribution in [1.29, 1.82) is 0 Å². The van der Waals surface area contributed by atoms with Crippen molar-refractivity contribution in [2.75, 3.05) is 39.6 Å². The topological polar surface area (TPSA) is 36.9 Å². The van der Waals surface area contributed by atoms with E-state index in [0.717, 1.165) is 52.1 Å². The molecule has 1 aliphatic rings. The Balaban J connectivity index is 2.04. The Kier molecular flexibility index (Phi) is 7.30. The molecule has 0 bridgehead atoms. The van der Waals surface area contributed by atoms with Crippen LogP contribution in [0.3, 0.4) is 0 Å². The fourth-order valence-corrected chi connectivity index (χ4v) is 4.30. The zero-order valence-corrected chi connectivity index (χ0v) is 12.4. The Morgan fingerprint density at radius 2 is 1.82 bits per heavy atom. The van der Waals surface area contributed by atoms with E-state index >= 15 is 0 Å². The summed E-state index contributed by atoms with van der Waals surface area (Å²) in [5.41, 5.74) is 0. The third kappa shape index (κ3) is 5.97. The van der Waals surface area contributed by atoms with Gasteiger partial charge in [0.2, 0.25) is 0 Å². The highest BCUT2D eigenvalue weighted by Gasteiger charge is 2.29. The van der Waals surface area contributed by atoms with Crippen LogP contribution in [0.15, 0.2) is 0 Å². The van der Waals surface area contributed by atoms with Crippen LogP contribution in [0.2, 0.25) is 12.6 Å². The lowest BCUT2D eigenvalue weighted by atomic mass is 10.1. The molecular weight excluding hydrogens is 236 g/mol. The van der Waals surface area contributed by atoms with Gasteiger partial charge in [0.25, 0.3) is 0 Å². The standard InChI is InChI=1S/C12H26O4Si/c1-4-15-17(3,16-5-2)8-6-7-13-9-12-10-14-11-12/h12H,4-11H2,1-3H3. The van der Waals surface area contributed by atoms with Gasteiger partial charge in [-0.25, -0.2) is 0 Å². The molecule has 1 saturated heterocycles. The summed E-state index contributed by atoms with van der Waals surface area (Å²) in [6.45, 7) is 11.0. The molecule has 0 aliphatic carbocycles. The van der Waals surface area contributed by atoms with Crippen LogP contribution in [0.4, 0.5) is 0 Å². The van der Waals surface area contributed by atoms with Crippen molar-refractivity contribution in [3.63, 3.8) is 0 Å². The van der Waals surface area contributed by atoms with Crippen LogP contribution in [-0.2, 0) is 18.3 Å². The molecule has 17 heavy (non-hydrogen) atoms. The second-order valence-electron chi connectivity index (χ2n) is 4.58. The Morgan fingerprint density at radius 1 is 1.18 bits per heavy atom. The minimum absolute atomic E-state index is 0.623. The summed E-state index contributed by atoms with van der Waals surface area (Å²) in [6, 6.07) is 1.01. The van der Waals surface area contributed by atoms with Gasteiger partial charge in [0.15, 0.2) is 0 Å². The molecule has 4 nitrogen and oxygen atoms in total. The largest absolute Gasteiger partial charge is 0.395 e. The van der Waals surface area contributed by atoms with Crippen LogP contribution in [0.5, 0.6) is 0 Å². The van der Waals surface area contributed by atoms with E-state index < -0.39 is 8.56 Å². The molecule has 0 amide bonds. The van der Waals surface area contributed by atoms with Crippen LogP contribution < -0.4 is 0 Å². The summed E-state index contributed by atoms with van der Waals surface area (Å²) >= 11 is 0. The lowest BCUT2D eigenvalue weighted by Crippen LogP contribution is -2.39. The predicted molar refractivity (Wildman–Crippen MR) is 69.4 cm³/mol. The van der Waals surface area contributed by atoms with Crippen molar-refractivity contribution in [3.8, 4) is 0 Å². The van der Waals surface area contributed by atoms with E-state index in [1.165, 1.54) is 0 Å². The second-order valence-corrected chi connectivity index (χ2v) is 7.93. The van der Waals surface area contributed by atoms with Gasteiger partial charge in [-0.2, -0.15) is 0 Å². The van der Waals surface area contributed by atoms with E-state index in [0.29, 0.717) is 5.92 Å². The van der Waals surface area contributed by atoms with Crippen molar-refractivity contribution in [1.82, 2.24) is 0 Å². The third-order valence-electron chi connectivity index (χ3n) is 2.88. The molecule has 0 saturated carbocycles. The molecule has 102 valence electrons. The van der Waals surface area contributed by atoms with Gasteiger partial charge in [0.05, 0.1) is 19.8 Å². The van der Waals surface area contributed by atoms with Gasteiger partial charge in [0, 0.05) is 25.7 Å². The van der Waals surface area contributed by atoms with E-state index in [2.05, 4.69) is 6.55 Å². The molecule has 0 aromatic rings. The van der Waals surface area contributed by atoms with Crippen LogP contribution in [0.1, 0.15) is 20.3 Å². The van der Waals surface area contributed by atoms with Gasteiger partial charge < -0.3 is 18.3 Å². The summed E-state index contributed by atoms with van der Waals surface area (Å²) in [4.78, 5) is 0. The quantitative estimate of drug-likeness (QED) is 0.447. The van der Waals surface area contributed by atoms with Crippen molar-refractivity contribution >= 4 is 8.56 Å². The van der Waals surface area contributed by atoms with Crippen LogP contribution in [0.25, 0.3) is 0 Å². The zero-order valence-electron chi connectivity index (χ0n) is 11.4. The summed E-state index contributed by atoms with van der Waals surface area (Å²) in [5, 5.41) is 0.